The number of nitrogens with one attached hydrogen (secondary N) is 1. The monoisotopic (exact) mass is 510 g/mol. The number of esters is 1. The van der Waals surface area contributed by atoms with E-state index in [0.29, 0.717) is 34.9 Å². The largest absolute Gasteiger partial charge is 0.493 e. The highest BCUT2D eigenvalue weighted by Crippen LogP contribution is 2.34. The summed E-state index contributed by atoms with van der Waals surface area (Å²) in [4.78, 5) is 25.2. The highest BCUT2D eigenvalue weighted by Gasteiger charge is 2.32. The summed E-state index contributed by atoms with van der Waals surface area (Å²) in [6.07, 6.45) is 0.683. The second-order valence-corrected chi connectivity index (χ2v) is 10.1. The maximum Gasteiger partial charge on any atom is 0.340 e. The summed E-state index contributed by atoms with van der Waals surface area (Å²) in [6, 6.07) is 9.74. The fourth-order valence-electron chi connectivity index (χ4n) is 3.80. The van der Waals surface area contributed by atoms with Gasteiger partial charge in [0.15, 0.2) is 11.5 Å². The Bertz CT molecular complexity index is 1160. The lowest BCUT2D eigenvalue weighted by molar-refractivity contribution is -0.120. The zero-order valence-electron chi connectivity index (χ0n) is 19.2. The van der Waals surface area contributed by atoms with Crippen LogP contribution in [0.5, 0.6) is 11.5 Å². The lowest BCUT2D eigenvalue weighted by Crippen LogP contribution is -2.42. The third-order valence-corrected chi connectivity index (χ3v) is 7.90. The van der Waals surface area contributed by atoms with Gasteiger partial charge in [-0.3, -0.25) is 4.79 Å². The van der Waals surface area contributed by atoms with Crippen molar-refractivity contribution in [3.05, 3.63) is 52.5 Å². The Morgan fingerprint density at radius 2 is 1.68 bits per heavy atom. The van der Waals surface area contributed by atoms with Crippen molar-refractivity contribution in [2.24, 2.45) is 5.92 Å². The molecule has 0 spiro atoms. The number of hydrogen-bond acceptors (Lipinski definition) is 7. The number of carbonyl (C=O) groups is 2. The van der Waals surface area contributed by atoms with E-state index in [9.17, 15) is 18.0 Å². The van der Waals surface area contributed by atoms with Gasteiger partial charge in [0.2, 0.25) is 15.9 Å². The molecule has 1 aliphatic rings. The molecule has 3 rings (SSSR count). The number of methoxy groups -OCH3 is 3. The van der Waals surface area contributed by atoms with Gasteiger partial charge in [-0.2, -0.15) is 0 Å². The molecule has 1 fully saturated rings. The molecule has 0 unspecified atom stereocenters. The summed E-state index contributed by atoms with van der Waals surface area (Å²) < 4.78 is 42.4. The fourth-order valence-corrected chi connectivity index (χ4v) is 5.67. The maximum absolute atomic E-state index is 13.0. The van der Waals surface area contributed by atoms with Crippen molar-refractivity contribution in [1.82, 2.24) is 4.31 Å². The maximum atomic E-state index is 13.0. The molecule has 0 aliphatic carbocycles. The molecule has 2 aromatic carbocycles. The van der Waals surface area contributed by atoms with Crippen LogP contribution in [-0.2, 0) is 25.3 Å². The van der Waals surface area contributed by atoms with E-state index in [2.05, 4.69) is 5.32 Å². The minimum absolute atomic E-state index is 0.119. The number of carbonyl (C=O) groups excluding carboxylic acids is 2. The molecule has 9 nitrogen and oxygen atoms in total. The van der Waals surface area contributed by atoms with Crippen LogP contribution in [0, 0.1) is 5.92 Å². The molecular weight excluding hydrogens is 484 g/mol. The van der Waals surface area contributed by atoms with Crippen LogP contribution in [0.2, 0.25) is 5.02 Å². The summed E-state index contributed by atoms with van der Waals surface area (Å²) in [7, 11) is 0.540. The predicted octanol–water partition coefficient (Wildman–Crippen LogP) is 3.32. The van der Waals surface area contributed by atoms with Crippen molar-refractivity contribution in [2.75, 3.05) is 39.7 Å². The zero-order valence-corrected chi connectivity index (χ0v) is 20.7. The van der Waals surface area contributed by atoms with Crippen LogP contribution in [0.25, 0.3) is 0 Å². The number of ether oxygens (including phenoxy) is 3. The second-order valence-electron chi connectivity index (χ2n) is 7.75. The normalized spacial score (nSPS) is 14.9. The molecule has 2 aromatic rings. The van der Waals surface area contributed by atoms with Gasteiger partial charge in [0.1, 0.15) is 0 Å². The average Bonchev–Trinajstić information content (AvgIpc) is 2.84. The molecule has 11 heteroatoms. The molecule has 0 radical (unpaired) electrons. The second kappa shape index (κ2) is 11.1. The van der Waals surface area contributed by atoms with Gasteiger partial charge in [0.05, 0.1) is 38.3 Å². The Labute approximate surface area is 204 Å². The van der Waals surface area contributed by atoms with Gasteiger partial charge >= 0.3 is 5.97 Å². The van der Waals surface area contributed by atoms with Crippen LogP contribution in [0.4, 0.5) is 5.69 Å². The van der Waals surface area contributed by atoms with Crippen molar-refractivity contribution in [3.8, 4) is 11.5 Å². The molecule has 0 saturated carbocycles. The molecular formula is C23H27ClN2O7S. The molecule has 1 heterocycles. The van der Waals surface area contributed by atoms with Crippen molar-refractivity contribution in [3.63, 3.8) is 0 Å². The third kappa shape index (κ3) is 5.81. The number of amides is 1. The van der Waals surface area contributed by atoms with Crippen LogP contribution in [0.3, 0.4) is 0 Å². The van der Waals surface area contributed by atoms with E-state index in [1.54, 1.807) is 24.3 Å². The van der Waals surface area contributed by atoms with Crippen LogP contribution < -0.4 is 14.8 Å². The topological polar surface area (TPSA) is 111 Å². The van der Waals surface area contributed by atoms with E-state index in [1.165, 1.54) is 37.8 Å². The number of nitrogens with zero attached hydrogens (tertiary/aromatic N) is 1. The summed E-state index contributed by atoms with van der Waals surface area (Å²) >= 11 is 6.11. The van der Waals surface area contributed by atoms with Crippen LogP contribution in [0.1, 0.15) is 28.8 Å². The lowest BCUT2D eigenvalue weighted by atomic mass is 9.97. The van der Waals surface area contributed by atoms with Gasteiger partial charge < -0.3 is 19.5 Å². The van der Waals surface area contributed by atoms with E-state index >= 15 is 0 Å². The number of halogens is 1. The zero-order chi connectivity index (χ0) is 24.9. The number of piperidine rings is 1. The minimum atomic E-state index is -3.58. The molecule has 34 heavy (non-hydrogen) atoms. The third-order valence-electron chi connectivity index (χ3n) is 5.70. The Morgan fingerprint density at radius 1 is 1.06 bits per heavy atom. The lowest BCUT2D eigenvalue weighted by Gasteiger charge is -2.30. The van der Waals surface area contributed by atoms with Gasteiger partial charge in [-0.1, -0.05) is 29.8 Å². The Kier molecular flexibility index (Phi) is 8.40. The van der Waals surface area contributed by atoms with E-state index < -0.39 is 21.9 Å². The first kappa shape index (κ1) is 25.8. The van der Waals surface area contributed by atoms with Crippen molar-refractivity contribution in [2.45, 2.75) is 18.6 Å². The van der Waals surface area contributed by atoms with Crippen molar-refractivity contribution in [1.29, 1.82) is 0 Å². The number of rotatable bonds is 8. The predicted molar refractivity (Wildman–Crippen MR) is 128 cm³/mol. The molecule has 0 aromatic heterocycles. The van der Waals surface area contributed by atoms with Gasteiger partial charge in [0, 0.05) is 36.2 Å². The quantitative estimate of drug-likeness (QED) is 0.542. The number of sulfonamides is 1. The van der Waals surface area contributed by atoms with E-state index in [0.717, 1.165) is 0 Å². The molecule has 1 aliphatic heterocycles. The van der Waals surface area contributed by atoms with Crippen molar-refractivity contribution >= 4 is 39.2 Å². The van der Waals surface area contributed by atoms with E-state index in [1.807, 2.05) is 0 Å². The van der Waals surface area contributed by atoms with Crippen LogP contribution >= 0.6 is 11.6 Å². The summed E-state index contributed by atoms with van der Waals surface area (Å²) in [6.45, 7) is 0.418. The highest BCUT2D eigenvalue weighted by atomic mass is 35.5. The summed E-state index contributed by atoms with van der Waals surface area (Å²) in [5.41, 5.74) is 0.879. The summed E-state index contributed by atoms with van der Waals surface area (Å²) in [5.74, 6) is -0.927. The van der Waals surface area contributed by atoms with Crippen molar-refractivity contribution < 1.29 is 32.2 Å². The first-order valence-corrected chi connectivity index (χ1v) is 12.5. The standard InChI is InChI=1S/C23H27ClN2O7S/c1-31-20-12-17(23(28)33-3)19(13-21(20)32-2)25-22(27)15-8-10-26(11-9-15)34(29,30)14-16-6-4-5-7-18(16)24/h4-7,12-13,15H,8-11,14H2,1-3H3,(H,25,27). The molecule has 184 valence electrons. The number of benzene rings is 2. The summed E-state index contributed by atoms with van der Waals surface area (Å²) in [5, 5.41) is 3.16. The smallest absolute Gasteiger partial charge is 0.340 e. The Morgan fingerprint density at radius 3 is 2.26 bits per heavy atom. The molecule has 1 N–H and O–H groups in total. The first-order chi connectivity index (χ1) is 16.2. The molecule has 0 atom stereocenters. The van der Waals surface area contributed by atoms with Gasteiger partial charge in [-0.25, -0.2) is 17.5 Å². The van der Waals surface area contributed by atoms with Gasteiger partial charge in [0.25, 0.3) is 0 Å². The number of hydrogen-bond donors (Lipinski definition) is 1. The van der Waals surface area contributed by atoms with Gasteiger partial charge in [-0.15, -0.1) is 0 Å². The molecule has 1 saturated heterocycles. The SMILES string of the molecule is COC(=O)c1cc(OC)c(OC)cc1NC(=O)C1CCN(S(=O)(=O)Cc2ccccc2Cl)CC1. The molecule has 1 amide bonds. The molecule has 0 bridgehead atoms. The first-order valence-electron chi connectivity index (χ1n) is 10.6. The van der Waals surface area contributed by atoms with E-state index in [4.69, 9.17) is 25.8 Å². The van der Waals surface area contributed by atoms with E-state index in [-0.39, 0.29) is 36.0 Å². The van der Waals surface area contributed by atoms with Crippen LogP contribution in [-0.4, -0.2) is 59.0 Å². The fraction of sp³-hybridized carbons (Fsp3) is 0.391. The highest BCUT2D eigenvalue weighted by molar-refractivity contribution is 7.88. The Balaban J connectivity index is 1.69. The number of anilines is 1. The average molecular weight is 511 g/mol. The Hall–Kier alpha value is -2.82. The minimum Gasteiger partial charge on any atom is -0.493 e. The van der Waals surface area contributed by atoms with Gasteiger partial charge in [-0.05, 0) is 24.5 Å². The van der Waals surface area contributed by atoms with Crippen LogP contribution in [0.15, 0.2) is 36.4 Å².